The van der Waals surface area contributed by atoms with E-state index in [9.17, 15) is 4.79 Å². The molecular weight excluding hydrogens is 323 g/mol. The lowest BCUT2D eigenvalue weighted by molar-refractivity contribution is 0.262. The minimum Gasteiger partial charge on any atom is -0.495 e. The first-order valence-electron chi connectivity index (χ1n) is 6.59. The molecule has 0 atom stereocenters. The summed E-state index contributed by atoms with van der Waals surface area (Å²) in [5, 5.41) is 6.63. The smallest absolute Gasteiger partial charge is 0.323 e. The molecule has 0 spiro atoms. The van der Waals surface area contributed by atoms with E-state index in [4.69, 9.17) is 27.9 Å². The van der Waals surface area contributed by atoms with E-state index >= 15 is 0 Å². The molecule has 0 aliphatic heterocycles. The van der Waals surface area contributed by atoms with Gasteiger partial charge in [-0.1, -0.05) is 29.3 Å². The maximum absolute atomic E-state index is 12.1. The molecule has 0 heterocycles. The van der Waals surface area contributed by atoms with E-state index in [2.05, 4.69) is 10.6 Å². The second-order valence-electron chi connectivity index (χ2n) is 4.84. The Bertz CT molecular complexity index is 718. The molecule has 0 aromatic heterocycles. The number of hydrogen-bond donors (Lipinski definition) is 2. The molecule has 6 heteroatoms. The van der Waals surface area contributed by atoms with Crippen molar-refractivity contribution >= 4 is 40.6 Å². The van der Waals surface area contributed by atoms with Crippen molar-refractivity contribution in [1.82, 2.24) is 0 Å². The van der Waals surface area contributed by atoms with Crippen LogP contribution in [0.15, 0.2) is 30.3 Å². The van der Waals surface area contributed by atoms with E-state index in [1.165, 1.54) is 7.11 Å². The van der Waals surface area contributed by atoms with Gasteiger partial charge in [0, 0.05) is 21.8 Å². The zero-order chi connectivity index (χ0) is 16.3. The average Bonchev–Trinajstić information content (AvgIpc) is 2.46. The van der Waals surface area contributed by atoms with Crippen LogP contribution in [0.1, 0.15) is 11.1 Å². The van der Waals surface area contributed by atoms with Crippen molar-refractivity contribution in [2.24, 2.45) is 0 Å². The third kappa shape index (κ3) is 3.84. The highest BCUT2D eigenvalue weighted by atomic mass is 35.5. The fourth-order valence-corrected chi connectivity index (χ4v) is 2.22. The first-order chi connectivity index (χ1) is 10.4. The van der Waals surface area contributed by atoms with Crippen molar-refractivity contribution in [3.05, 3.63) is 51.5 Å². The van der Waals surface area contributed by atoms with Gasteiger partial charge in [0.15, 0.2) is 0 Å². The van der Waals surface area contributed by atoms with Crippen molar-refractivity contribution in [2.45, 2.75) is 13.8 Å². The van der Waals surface area contributed by atoms with Gasteiger partial charge in [0.05, 0.1) is 12.8 Å². The Morgan fingerprint density at radius 3 is 2.32 bits per heavy atom. The lowest BCUT2D eigenvalue weighted by Crippen LogP contribution is -2.20. The number of halogens is 2. The molecule has 0 saturated heterocycles. The van der Waals surface area contributed by atoms with Gasteiger partial charge in [0.25, 0.3) is 0 Å². The molecule has 4 nitrogen and oxygen atoms in total. The maximum atomic E-state index is 12.1. The summed E-state index contributed by atoms with van der Waals surface area (Å²) in [6.45, 7) is 3.75. The Kier molecular flexibility index (Phi) is 5.16. The number of rotatable bonds is 3. The molecule has 0 bridgehead atoms. The van der Waals surface area contributed by atoms with Crippen LogP contribution in [0.5, 0.6) is 5.75 Å². The molecule has 2 rings (SSSR count). The molecule has 0 fully saturated rings. The van der Waals surface area contributed by atoms with Crippen LogP contribution < -0.4 is 15.4 Å². The normalized spacial score (nSPS) is 10.2. The zero-order valence-corrected chi connectivity index (χ0v) is 14.0. The predicted molar refractivity (Wildman–Crippen MR) is 91.6 cm³/mol. The summed E-state index contributed by atoms with van der Waals surface area (Å²) in [6.07, 6.45) is 0. The van der Waals surface area contributed by atoms with Gasteiger partial charge < -0.3 is 15.4 Å². The Morgan fingerprint density at radius 1 is 1.00 bits per heavy atom. The number of amides is 2. The van der Waals surface area contributed by atoms with Crippen molar-refractivity contribution < 1.29 is 9.53 Å². The minimum atomic E-state index is -0.389. The average molecular weight is 339 g/mol. The summed E-state index contributed by atoms with van der Waals surface area (Å²) in [4.78, 5) is 12.1. The second kappa shape index (κ2) is 6.90. The number of carbonyl (C=O) groups is 1. The number of anilines is 2. The largest absolute Gasteiger partial charge is 0.495 e. The summed E-state index contributed by atoms with van der Waals surface area (Å²) >= 11 is 12.1. The molecule has 0 saturated carbocycles. The van der Waals surface area contributed by atoms with E-state index in [1.807, 2.05) is 19.9 Å². The van der Waals surface area contributed by atoms with Crippen LogP contribution in [0, 0.1) is 13.8 Å². The molecule has 0 aliphatic rings. The zero-order valence-electron chi connectivity index (χ0n) is 12.5. The molecule has 2 amide bonds. The van der Waals surface area contributed by atoms with Crippen LogP contribution in [0.3, 0.4) is 0 Å². The van der Waals surface area contributed by atoms with Crippen molar-refractivity contribution in [3.8, 4) is 5.75 Å². The molecule has 2 N–H and O–H groups in total. The van der Waals surface area contributed by atoms with Crippen LogP contribution in [-0.4, -0.2) is 13.1 Å². The van der Waals surface area contributed by atoms with Gasteiger partial charge >= 0.3 is 6.03 Å². The van der Waals surface area contributed by atoms with Crippen molar-refractivity contribution in [1.29, 1.82) is 0 Å². The Hall–Kier alpha value is -1.91. The third-order valence-corrected chi connectivity index (χ3v) is 3.97. The third-order valence-electron chi connectivity index (χ3n) is 3.16. The molecule has 2 aromatic rings. The number of ether oxygens (including phenoxy) is 1. The maximum Gasteiger partial charge on any atom is 0.323 e. The van der Waals surface area contributed by atoms with E-state index < -0.39 is 0 Å². The van der Waals surface area contributed by atoms with Crippen LogP contribution in [0.4, 0.5) is 16.2 Å². The highest BCUT2D eigenvalue weighted by molar-refractivity contribution is 6.32. The Balaban J connectivity index is 2.15. The topological polar surface area (TPSA) is 50.4 Å². The summed E-state index contributed by atoms with van der Waals surface area (Å²) in [5.74, 6) is 0.493. The van der Waals surface area contributed by atoms with Gasteiger partial charge in [-0.3, -0.25) is 0 Å². The number of methoxy groups -OCH3 is 1. The van der Waals surface area contributed by atoms with Gasteiger partial charge in [0.1, 0.15) is 5.75 Å². The number of urea groups is 1. The first-order valence-corrected chi connectivity index (χ1v) is 7.34. The highest BCUT2D eigenvalue weighted by Crippen LogP contribution is 2.31. The summed E-state index contributed by atoms with van der Waals surface area (Å²) in [7, 11) is 1.52. The fourth-order valence-electron chi connectivity index (χ4n) is 1.89. The molecule has 0 aliphatic carbocycles. The molecular formula is C16H16Cl2N2O2. The number of benzene rings is 2. The molecule has 2 aromatic carbocycles. The first kappa shape index (κ1) is 16.5. The van der Waals surface area contributed by atoms with Crippen molar-refractivity contribution in [3.63, 3.8) is 0 Å². The molecule has 0 unspecified atom stereocenters. The Morgan fingerprint density at radius 2 is 1.68 bits per heavy atom. The monoisotopic (exact) mass is 338 g/mol. The minimum absolute atomic E-state index is 0.389. The van der Waals surface area contributed by atoms with Crippen LogP contribution >= 0.6 is 23.2 Å². The van der Waals surface area contributed by atoms with E-state index in [1.54, 1.807) is 24.3 Å². The number of carbonyl (C=O) groups excluding carboxylic acids is 1. The van der Waals surface area contributed by atoms with Gasteiger partial charge in [0.2, 0.25) is 0 Å². The van der Waals surface area contributed by atoms with Crippen LogP contribution in [0.25, 0.3) is 0 Å². The predicted octanol–water partition coefficient (Wildman–Crippen LogP) is 5.26. The fraction of sp³-hybridized carbons (Fsp3) is 0.188. The number of aryl methyl sites for hydroxylation is 2. The second-order valence-corrected chi connectivity index (χ2v) is 5.66. The number of nitrogens with one attached hydrogen (secondary N) is 2. The summed E-state index contributed by atoms with van der Waals surface area (Å²) in [6, 6.07) is 8.34. The SMILES string of the molecule is COc1cc(Cl)c(C)cc1NC(=O)Nc1ccc(C)c(Cl)c1. The van der Waals surface area contributed by atoms with Crippen molar-refractivity contribution in [2.75, 3.05) is 17.7 Å². The van der Waals surface area contributed by atoms with Gasteiger partial charge in [-0.15, -0.1) is 0 Å². The van der Waals surface area contributed by atoms with Gasteiger partial charge in [-0.2, -0.15) is 0 Å². The molecule has 0 radical (unpaired) electrons. The van der Waals surface area contributed by atoms with E-state index in [-0.39, 0.29) is 6.03 Å². The number of hydrogen-bond acceptors (Lipinski definition) is 2. The molecule has 116 valence electrons. The standard InChI is InChI=1S/C16H16Cl2N2O2/c1-9-4-5-11(7-12(9)17)19-16(21)20-14-6-10(2)13(18)8-15(14)22-3/h4-8H,1-3H3,(H2,19,20,21). The Labute approximate surface area is 139 Å². The van der Waals surface area contributed by atoms with Crippen LogP contribution in [-0.2, 0) is 0 Å². The van der Waals surface area contributed by atoms with Gasteiger partial charge in [-0.05, 0) is 43.2 Å². The summed E-state index contributed by atoms with van der Waals surface area (Å²) in [5.41, 5.74) is 2.94. The lowest BCUT2D eigenvalue weighted by Gasteiger charge is -2.13. The quantitative estimate of drug-likeness (QED) is 0.801. The van der Waals surface area contributed by atoms with Gasteiger partial charge in [-0.25, -0.2) is 4.79 Å². The summed E-state index contributed by atoms with van der Waals surface area (Å²) < 4.78 is 5.22. The lowest BCUT2D eigenvalue weighted by atomic mass is 10.2. The van der Waals surface area contributed by atoms with Crippen LogP contribution in [0.2, 0.25) is 10.0 Å². The van der Waals surface area contributed by atoms with E-state index in [0.717, 1.165) is 11.1 Å². The highest BCUT2D eigenvalue weighted by Gasteiger charge is 2.11. The molecule has 22 heavy (non-hydrogen) atoms. The van der Waals surface area contributed by atoms with E-state index in [0.29, 0.717) is 27.2 Å².